The number of nitrogen functional groups attached to an aromatic ring is 1. The van der Waals surface area contributed by atoms with E-state index in [2.05, 4.69) is 9.44 Å². The van der Waals surface area contributed by atoms with Crippen LogP contribution in [0.1, 0.15) is 24.5 Å². The van der Waals surface area contributed by atoms with Crippen LogP contribution >= 0.6 is 0 Å². The van der Waals surface area contributed by atoms with Gasteiger partial charge in [0.15, 0.2) is 0 Å². The Bertz CT molecular complexity index is 1120. The largest absolute Gasteiger partial charge is 0.491 e. The second-order valence-corrected chi connectivity index (χ2v) is 10.3. The van der Waals surface area contributed by atoms with Crippen molar-refractivity contribution in [2.75, 3.05) is 16.2 Å². The van der Waals surface area contributed by atoms with Gasteiger partial charge in [0.1, 0.15) is 0 Å². The van der Waals surface area contributed by atoms with Gasteiger partial charge in [0, 0.05) is 17.9 Å². The van der Waals surface area contributed by atoms with E-state index >= 15 is 0 Å². The molecular formula is C17H22BN3O6S2. The van der Waals surface area contributed by atoms with Gasteiger partial charge in [-0.2, -0.15) is 0 Å². The van der Waals surface area contributed by atoms with Crippen LogP contribution in [0.2, 0.25) is 0 Å². The number of nitrogens with one attached hydrogen (secondary N) is 2. The van der Waals surface area contributed by atoms with Gasteiger partial charge < -0.3 is 15.4 Å². The van der Waals surface area contributed by atoms with Crippen LogP contribution in [0.3, 0.4) is 0 Å². The minimum absolute atomic E-state index is 0.0603. The predicted molar refractivity (Wildman–Crippen MR) is 111 cm³/mol. The van der Waals surface area contributed by atoms with Crippen molar-refractivity contribution in [1.29, 1.82) is 0 Å². The van der Waals surface area contributed by atoms with Gasteiger partial charge >= 0.3 is 7.12 Å². The summed E-state index contributed by atoms with van der Waals surface area (Å²) in [7, 11) is -8.67. The van der Waals surface area contributed by atoms with Crippen molar-refractivity contribution in [2.24, 2.45) is 0 Å². The molecule has 0 amide bonds. The number of anilines is 2. The number of sulfonamides is 2. The second-order valence-electron chi connectivity index (χ2n) is 6.69. The van der Waals surface area contributed by atoms with E-state index in [1.165, 1.54) is 24.3 Å². The molecule has 3 rings (SSSR count). The highest BCUT2D eigenvalue weighted by atomic mass is 32.2. The maximum absolute atomic E-state index is 12.9. The Balaban J connectivity index is 1.88. The monoisotopic (exact) mass is 439 g/mol. The van der Waals surface area contributed by atoms with Gasteiger partial charge in [-0.05, 0) is 53.3 Å². The fraction of sp³-hybridized carbons (Fsp3) is 0.294. The fourth-order valence-electron chi connectivity index (χ4n) is 3.02. The van der Waals surface area contributed by atoms with Crippen LogP contribution in [-0.4, -0.2) is 34.7 Å². The van der Waals surface area contributed by atoms with Gasteiger partial charge in [0.25, 0.3) is 10.0 Å². The minimum atomic E-state index is -4.04. The minimum Gasteiger partial charge on any atom is -0.423 e. The maximum atomic E-state index is 12.9. The van der Waals surface area contributed by atoms with Gasteiger partial charge in [-0.15, -0.1) is 0 Å². The van der Waals surface area contributed by atoms with Crippen LogP contribution in [0, 0.1) is 0 Å². The summed E-state index contributed by atoms with van der Waals surface area (Å²) in [5.41, 5.74) is 7.82. The molecule has 9 nitrogen and oxygen atoms in total. The van der Waals surface area contributed by atoms with Gasteiger partial charge in [0.05, 0.1) is 17.3 Å². The average Bonchev–Trinajstić information content (AvgIpc) is 3.00. The van der Waals surface area contributed by atoms with E-state index in [0.717, 1.165) is 5.56 Å². The molecule has 0 fully saturated rings. The topological polar surface area (TPSA) is 148 Å². The molecule has 1 aliphatic rings. The van der Waals surface area contributed by atoms with Crippen molar-refractivity contribution < 1.29 is 26.5 Å². The van der Waals surface area contributed by atoms with E-state index in [9.17, 15) is 21.9 Å². The zero-order valence-corrected chi connectivity index (χ0v) is 17.4. The Labute approximate surface area is 170 Å². The molecule has 0 saturated carbocycles. The van der Waals surface area contributed by atoms with E-state index in [4.69, 9.17) is 10.4 Å². The molecule has 0 spiro atoms. The molecule has 2 aromatic carbocycles. The van der Waals surface area contributed by atoms with Crippen LogP contribution in [-0.2, 0) is 37.9 Å². The first-order valence-electron chi connectivity index (χ1n) is 8.92. The zero-order chi connectivity index (χ0) is 21.2. The first kappa shape index (κ1) is 21.6. The Hall–Kier alpha value is -2.12. The molecule has 29 heavy (non-hydrogen) atoms. The summed E-state index contributed by atoms with van der Waals surface area (Å²) >= 11 is 0. The fourth-order valence-corrected chi connectivity index (χ4v) is 5.34. The van der Waals surface area contributed by atoms with Gasteiger partial charge in [-0.25, -0.2) is 21.6 Å². The number of fused-ring (bicyclic) bond motifs is 1. The van der Waals surface area contributed by atoms with Crippen LogP contribution in [0.5, 0.6) is 0 Å². The molecule has 12 heteroatoms. The van der Waals surface area contributed by atoms with Crippen molar-refractivity contribution in [2.45, 2.75) is 31.4 Å². The van der Waals surface area contributed by atoms with Crippen molar-refractivity contribution in [1.82, 2.24) is 4.72 Å². The Morgan fingerprint density at radius 3 is 2.66 bits per heavy atom. The zero-order valence-electron chi connectivity index (χ0n) is 15.8. The predicted octanol–water partition coefficient (Wildman–Crippen LogP) is 0.117. The summed E-state index contributed by atoms with van der Waals surface area (Å²) in [5, 5.41) is 9.81. The van der Waals surface area contributed by atoms with Crippen molar-refractivity contribution >= 4 is 44.0 Å². The lowest BCUT2D eigenvalue weighted by Gasteiger charge is -2.14. The molecule has 1 aliphatic heterocycles. The quantitative estimate of drug-likeness (QED) is 0.337. The lowest BCUT2D eigenvalue weighted by Crippen LogP contribution is -2.29. The molecule has 2 aromatic rings. The maximum Gasteiger partial charge on any atom is 0.491 e. The van der Waals surface area contributed by atoms with E-state index in [-0.39, 0.29) is 35.1 Å². The molecule has 0 saturated heterocycles. The van der Waals surface area contributed by atoms with Crippen molar-refractivity contribution in [3.05, 3.63) is 47.5 Å². The molecule has 0 aliphatic carbocycles. The van der Waals surface area contributed by atoms with Crippen LogP contribution in [0.4, 0.5) is 11.4 Å². The van der Waals surface area contributed by atoms with Gasteiger partial charge in [0.2, 0.25) is 10.0 Å². The highest BCUT2D eigenvalue weighted by molar-refractivity contribution is 7.92. The number of rotatable bonds is 8. The normalized spacial score (nSPS) is 14.1. The molecular weight excluding hydrogens is 417 g/mol. The summed E-state index contributed by atoms with van der Waals surface area (Å²) in [4.78, 5) is -0.0943. The molecule has 156 valence electrons. The van der Waals surface area contributed by atoms with Crippen LogP contribution in [0.15, 0.2) is 41.3 Å². The summed E-state index contributed by atoms with van der Waals surface area (Å²) in [6.07, 6.45) is 0.437. The lowest BCUT2D eigenvalue weighted by molar-refractivity contribution is 0.275. The molecule has 0 radical (unpaired) electrons. The van der Waals surface area contributed by atoms with Crippen LogP contribution in [0.25, 0.3) is 0 Å². The number of hydrogen-bond donors (Lipinski definition) is 4. The Kier molecular flexibility index (Phi) is 6.20. The summed E-state index contributed by atoms with van der Waals surface area (Å²) in [6, 6.07) is 8.92. The van der Waals surface area contributed by atoms with E-state index in [1.54, 1.807) is 19.1 Å². The van der Waals surface area contributed by atoms with Crippen LogP contribution < -0.4 is 20.6 Å². The van der Waals surface area contributed by atoms with E-state index in [0.29, 0.717) is 17.6 Å². The molecule has 1 heterocycles. The average molecular weight is 439 g/mol. The first-order valence-corrected chi connectivity index (χ1v) is 12.1. The third-order valence-corrected chi connectivity index (χ3v) is 7.40. The number of hydrogen-bond acceptors (Lipinski definition) is 7. The van der Waals surface area contributed by atoms with E-state index in [1.807, 2.05) is 0 Å². The molecule has 0 bridgehead atoms. The van der Waals surface area contributed by atoms with E-state index < -0.39 is 27.2 Å². The molecule has 0 unspecified atom stereocenters. The number of nitrogens with two attached hydrogens (primary N) is 1. The SMILES string of the molecule is CCCS(=O)(=O)NCc1cc(N)ccc1S(=O)(=O)Nc1ccc2c(c1)B(O)OC2. The highest BCUT2D eigenvalue weighted by Gasteiger charge is 2.28. The van der Waals surface area contributed by atoms with Gasteiger partial charge in [-0.3, -0.25) is 4.72 Å². The van der Waals surface area contributed by atoms with Gasteiger partial charge in [-0.1, -0.05) is 13.0 Å². The standard InChI is InChI=1S/C17H22BN3O6S2/c1-2-7-28(23,24)20-10-13-8-14(19)4-6-17(13)29(25,26)21-15-5-3-12-11-27-18(22)16(12)9-15/h3-6,8-9,20-22H,2,7,10-11,19H2,1H3. The van der Waals surface area contributed by atoms with Crippen molar-refractivity contribution in [3.8, 4) is 0 Å². The third-order valence-electron chi connectivity index (χ3n) is 4.39. The summed E-state index contributed by atoms with van der Waals surface area (Å²) < 4.78 is 59.7. The molecule has 0 atom stereocenters. The summed E-state index contributed by atoms with van der Waals surface area (Å²) in [6.45, 7) is 1.78. The number of benzene rings is 2. The van der Waals surface area contributed by atoms with Crippen molar-refractivity contribution in [3.63, 3.8) is 0 Å². The first-order chi connectivity index (χ1) is 13.6. The lowest BCUT2D eigenvalue weighted by atomic mass is 9.79. The second kappa shape index (κ2) is 8.32. The Morgan fingerprint density at radius 2 is 1.93 bits per heavy atom. The third kappa shape index (κ3) is 5.09. The highest BCUT2D eigenvalue weighted by Crippen LogP contribution is 2.23. The molecule has 0 aromatic heterocycles. The summed E-state index contributed by atoms with van der Waals surface area (Å²) in [5.74, 6) is -0.0603. The molecule has 5 N–H and O–H groups in total. The smallest absolute Gasteiger partial charge is 0.423 e. The Morgan fingerprint density at radius 1 is 1.17 bits per heavy atom.